The number of piperazine rings is 1. The minimum absolute atomic E-state index is 0.632. The van der Waals surface area contributed by atoms with Crippen molar-refractivity contribution in [1.29, 1.82) is 0 Å². The lowest BCUT2D eigenvalue weighted by molar-refractivity contribution is 0.270. The highest BCUT2D eigenvalue weighted by atomic mass is 15.3. The molecule has 6 nitrogen and oxygen atoms in total. The summed E-state index contributed by atoms with van der Waals surface area (Å²) < 4.78 is 0. The predicted molar refractivity (Wildman–Crippen MR) is 99.3 cm³/mol. The molecule has 0 radical (unpaired) electrons. The van der Waals surface area contributed by atoms with E-state index in [4.69, 9.17) is 5.73 Å². The molecule has 24 heavy (non-hydrogen) atoms. The van der Waals surface area contributed by atoms with E-state index >= 15 is 0 Å². The second kappa shape index (κ2) is 8.33. The summed E-state index contributed by atoms with van der Waals surface area (Å²) in [4.78, 5) is 16.2. The Morgan fingerprint density at radius 3 is 2.58 bits per heavy atom. The summed E-state index contributed by atoms with van der Waals surface area (Å²) in [5, 5.41) is 0. The molecule has 2 N–H and O–H groups in total. The Morgan fingerprint density at radius 2 is 1.88 bits per heavy atom. The molecule has 1 aromatic heterocycles. The van der Waals surface area contributed by atoms with Gasteiger partial charge in [0.25, 0.3) is 0 Å². The number of nitrogens with zero attached hydrogens (tertiary/aromatic N) is 5. The molecule has 3 heterocycles. The van der Waals surface area contributed by atoms with Crippen molar-refractivity contribution < 1.29 is 0 Å². The van der Waals surface area contributed by atoms with E-state index in [-0.39, 0.29) is 0 Å². The molecule has 0 spiro atoms. The summed E-state index contributed by atoms with van der Waals surface area (Å²) in [5.74, 6) is 1.75. The largest absolute Gasteiger partial charge is 0.370 e. The van der Waals surface area contributed by atoms with Gasteiger partial charge in [-0.15, -0.1) is 0 Å². The summed E-state index contributed by atoms with van der Waals surface area (Å²) >= 11 is 0. The molecular weight excluding hydrogens is 300 g/mol. The van der Waals surface area contributed by atoms with E-state index in [1.54, 1.807) is 0 Å². The number of pyridine rings is 1. The summed E-state index contributed by atoms with van der Waals surface area (Å²) in [6.07, 6.45) is 5.64. The summed E-state index contributed by atoms with van der Waals surface area (Å²) in [6.45, 7) is 10.4. The van der Waals surface area contributed by atoms with Crippen molar-refractivity contribution in [3.8, 4) is 0 Å². The monoisotopic (exact) mass is 330 g/mol. The first-order chi connectivity index (χ1) is 11.8. The standard InChI is InChI=1S/C18H30N6/c1-2-22-10-12-23(13-11-22)17-14-16(6-7-20-17)15-21-18(19)24-8-4-3-5-9-24/h6-7,14H,2-5,8-13,15H2,1H3,(H2,19,21). The van der Waals surface area contributed by atoms with Crippen LogP contribution in [0.25, 0.3) is 0 Å². The van der Waals surface area contributed by atoms with Gasteiger partial charge in [0, 0.05) is 45.5 Å². The van der Waals surface area contributed by atoms with Crippen LogP contribution in [0.1, 0.15) is 31.7 Å². The third-order valence-electron chi connectivity index (χ3n) is 5.06. The topological polar surface area (TPSA) is 61.0 Å². The van der Waals surface area contributed by atoms with Crippen LogP contribution in [0.3, 0.4) is 0 Å². The van der Waals surface area contributed by atoms with Gasteiger partial charge in [-0.3, -0.25) is 0 Å². The number of aromatic nitrogens is 1. The van der Waals surface area contributed by atoms with Gasteiger partial charge in [-0.05, 0) is 43.5 Å². The molecule has 2 aliphatic rings. The molecule has 0 unspecified atom stereocenters. The van der Waals surface area contributed by atoms with Crippen LogP contribution in [0.2, 0.25) is 0 Å². The Bertz CT molecular complexity index is 544. The van der Waals surface area contributed by atoms with Crippen LogP contribution in [0.5, 0.6) is 0 Å². The molecule has 0 atom stereocenters. The lowest BCUT2D eigenvalue weighted by Crippen LogP contribution is -2.46. The van der Waals surface area contributed by atoms with Crippen LogP contribution in [-0.2, 0) is 6.54 Å². The Labute approximate surface area is 145 Å². The van der Waals surface area contributed by atoms with Crippen LogP contribution in [0, 0.1) is 0 Å². The van der Waals surface area contributed by atoms with Crippen molar-refractivity contribution in [2.75, 3.05) is 50.7 Å². The first-order valence-electron chi connectivity index (χ1n) is 9.23. The zero-order valence-electron chi connectivity index (χ0n) is 14.8. The molecule has 132 valence electrons. The fraction of sp³-hybridized carbons (Fsp3) is 0.667. The quantitative estimate of drug-likeness (QED) is 0.670. The highest BCUT2D eigenvalue weighted by Crippen LogP contribution is 2.16. The molecule has 6 heteroatoms. The fourth-order valence-corrected chi connectivity index (χ4v) is 3.42. The molecule has 0 aliphatic carbocycles. The Morgan fingerprint density at radius 1 is 1.12 bits per heavy atom. The zero-order valence-corrected chi connectivity index (χ0v) is 14.8. The number of aliphatic imine (C=N–C) groups is 1. The van der Waals surface area contributed by atoms with Crippen LogP contribution < -0.4 is 10.6 Å². The van der Waals surface area contributed by atoms with Crippen LogP contribution >= 0.6 is 0 Å². The SMILES string of the molecule is CCN1CCN(c2cc(CN=C(N)N3CCCCC3)ccn2)CC1. The average Bonchev–Trinajstić information content (AvgIpc) is 2.67. The molecule has 2 fully saturated rings. The summed E-state index contributed by atoms with van der Waals surface area (Å²) in [7, 11) is 0. The maximum absolute atomic E-state index is 6.15. The number of nitrogens with two attached hydrogens (primary N) is 1. The van der Waals surface area contributed by atoms with E-state index < -0.39 is 0 Å². The van der Waals surface area contributed by atoms with E-state index in [0.29, 0.717) is 12.5 Å². The number of likely N-dealkylation sites (N-methyl/N-ethyl adjacent to an activating group) is 1. The van der Waals surface area contributed by atoms with Gasteiger partial charge in [0.05, 0.1) is 6.54 Å². The molecule has 1 aromatic rings. The van der Waals surface area contributed by atoms with Gasteiger partial charge in [-0.25, -0.2) is 9.98 Å². The second-order valence-corrected chi connectivity index (χ2v) is 6.67. The minimum Gasteiger partial charge on any atom is -0.370 e. The zero-order chi connectivity index (χ0) is 16.8. The molecule has 2 aliphatic heterocycles. The third-order valence-corrected chi connectivity index (χ3v) is 5.06. The Hall–Kier alpha value is -1.82. The number of anilines is 1. The van der Waals surface area contributed by atoms with Crippen molar-refractivity contribution in [2.45, 2.75) is 32.7 Å². The molecular formula is C18H30N6. The van der Waals surface area contributed by atoms with Crippen molar-refractivity contribution in [1.82, 2.24) is 14.8 Å². The van der Waals surface area contributed by atoms with E-state index in [0.717, 1.165) is 51.6 Å². The normalized spacial score (nSPS) is 20.5. The van der Waals surface area contributed by atoms with Crippen LogP contribution in [0.4, 0.5) is 5.82 Å². The van der Waals surface area contributed by atoms with Gasteiger partial charge in [0.2, 0.25) is 0 Å². The first kappa shape index (κ1) is 17.0. The van der Waals surface area contributed by atoms with E-state index in [1.165, 1.54) is 24.8 Å². The average molecular weight is 330 g/mol. The lowest BCUT2D eigenvalue weighted by atomic mass is 10.1. The minimum atomic E-state index is 0.632. The third kappa shape index (κ3) is 4.38. The molecule has 2 saturated heterocycles. The summed E-state index contributed by atoms with van der Waals surface area (Å²) in [6, 6.07) is 4.20. The second-order valence-electron chi connectivity index (χ2n) is 6.67. The van der Waals surface area contributed by atoms with Crippen LogP contribution in [0.15, 0.2) is 23.3 Å². The maximum Gasteiger partial charge on any atom is 0.191 e. The van der Waals surface area contributed by atoms with Crippen molar-refractivity contribution >= 4 is 11.8 Å². The Balaban J connectivity index is 1.59. The highest BCUT2D eigenvalue weighted by molar-refractivity contribution is 5.78. The van der Waals surface area contributed by atoms with Gasteiger partial charge in [-0.1, -0.05) is 6.92 Å². The van der Waals surface area contributed by atoms with Gasteiger partial charge in [0.15, 0.2) is 5.96 Å². The van der Waals surface area contributed by atoms with Crippen molar-refractivity contribution in [2.24, 2.45) is 10.7 Å². The number of guanidine groups is 1. The fourth-order valence-electron chi connectivity index (χ4n) is 3.42. The van der Waals surface area contributed by atoms with Gasteiger partial charge >= 0.3 is 0 Å². The Kier molecular flexibility index (Phi) is 5.91. The lowest BCUT2D eigenvalue weighted by Gasteiger charge is -2.34. The first-order valence-corrected chi connectivity index (χ1v) is 9.23. The van der Waals surface area contributed by atoms with Crippen molar-refractivity contribution in [3.05, 3.63) is 23.9 Å². The van der Waals surface area contributed by atoms with Crippen LogP contribution in [-0.4, -0.2) is 66.6 Å². The molecule has 0 saturated carbocycles. The van der Waals surface area contributed by atoms with Gasteiger partial charge in [-0.2, -0.15) is 0 Å². The number of likely N-dealkylation sites (tertiary alicyclic amines) is 1. The highest BCUT2D eigenvalue weighted by Gasteiger charge is 2.17. The van der Waals surface area contributed by atoms with E-state index in [2.05, 4.69) is 37.7 Å². The number of rotatable bonds is 4. The smallest absolute Gasteiger partial charge is 0.191 e. The van der Waals surface area contributed by atoms with E-state index in [9.17, 15) is 0 Å². The molecule has 0 bridgehead atoms. The van der Waals surface area contributed by atoms with Gasteiger partial charge < -0.3 is 20.4 Å². The molecule has 0 aromatic carbocycles. The maximum atomic E-state index is 6.15. The predicted octanol–water partition coefficient (Wildman–Crippen LogP) is 1.52. The number of piperidine rings is 1. The number of hydrogen-bond acceptors (Lipinski definition) is 4. The van der Waals surface area contributed by atoms with E-state index in [1.807, 2.05) is 12.3 Å². The molecule has 0 amide bonds. The number of hydrogen-bond donors (Lipinski definition) is 1. The van der Waals surface area contributed by atoms with Gasteiger partial charge in [0.1, 0.15) is 5.82 Å². The van der Waals surface area contributed by atoms with Crippen molar-refractivity contribution in [3.63, 3.8) is 0 Å². The summed E-state index contributed by atoms with van der Waals surface area (Å²) in [5.41, 5.74) is 7.33. The molecule has 3 rings (SSSR count).